The molecule has 1 aromatic heterocycles. The molecule has 6 nitrogen and oxygen atoms in total. The van der Waals surface area contributed by atoms with Crippen molar-refractivity contribution in [2.75, 3.05) is 11.6 Å². The first-order valence-electron chi connectivity index (χ1n) is 7.44. The second-order valence-corrected chi connectivity index (χ2v) is 6.46. The van der Waals surface area contributed by atoms with E-state index in [-0.39, 0.29) is 12.4 Å². The van der Waals surface area contributed by atoms with Crippen molar-refractivity contribution in [2.45, 2.75) is 19.8 Å². The van der Waals surface area contributed by atoms with E-state index in [0.717, 1.165) is 16.9 Å². The highest BCUT2D eigenvalue weighted by Gasteiger charge is 2.15. The summed E-state index contributed by atoms with van der Waals surface area (Å²) in [5, 5.41) is 1.73. The van der Waals surface area contributed by atoms with Gasteiger partial charge in [0.25, 0.3) is 0 Å². The summed E-state index contributed by atoms with van der Waals surface area (Å²) in [6, 6.07) is 5.07. The van der Waals surface area contributed by atoms with Crippen LogP contribution in [0.15, 0.2) is 47.0 Å². The smallest absolute Gasteiger partial charge is 0.316 e. The van der Waals surface area contributed by atoms with Gasteiger partial charge in [0, 0.05) is 18.6 Å². The first-order chi connectivity index (χ1) is 11.5. The summed E-state index contributed by atoms with van der Waals surface area (Å²) in [6.07, 6.45) is 5.36. The fourth-order valence-corrected chi connectivity index (χ4v) is 2.41. The third kappa shape index (κ3) is 3.82. The van der Waals surface area contributed by atoms with Crippen LogP contribution >= 0.6 is 15.9 Å². The van der Waals surface area contributed by atoms with Gasteiger partial charge in [-0.25, -0.2) is 14.4 Å². The van der Waals surface area contributed by atoms with Gasteiger partial charge in [-0.15, -0.1) is 5.53 Å². The van der Waals surface area contributed by atoms with Gasteiger partial charge in [-0.3, -0.25) is 5.01 Å². The molecule has 0 saturated carbocycles. The van der Waals surface area contributed by atoms with Gasteiger partial charge in [0.15, 0.2) is 0 Å². The van der Waals surface area contributed by atoms with Crippen molar-refractivity contribution in [3.63, 3.8) is 0 Å². The first-order valence-corrected chi connectivity index (χ1v) is 8.23. The molecule has 126 valence electrons. The molecule has 24 heavy (non-hydrogen) atoms. The van der Waals surface area contributed by atoms with Gasteiger partial charge in [-0.1, -0.05) is 13.8 Å². The van der Waals surface area contributed by atoms with E-state index >= 15 is 0 Å². The van der Waals surface area contributed by atoms with Crippen LogP contribution in [0.2, 0.25) is 0 Å². The zero-order valence-electron chi connectivity index (χ0n) is 13.3. The molecule has 1 aliphatic rings. The molecule has 2 aromatic rings. The van der Waals surface area contributed by atoms with Crippen LogP contribution in [0, 0.1) is 5.82 Å². The third-order valence-corrected chi connectivity index (χ3v) is 4.08. The molecule has 0 aliphatic carbocycles. The van der Waals surface area contributed by atoms with Gasteiger partial charge in [0.2, 0.25) is 0 Å². The molecule has 0 radical (unpaired) electrons. The van der Waals surface area contributed by atoms with Crippen LogP contribution in [0.4, 0.5) is 10.1 Å². The maximum Gasteiger partial charge on any atom is 0.316 e. The number of benzene rings is 1. The molecule has 2 heterocycles. The first kappa shape index (κ1) is 16.7. The predicted molar refractivity (Wildman–Crippen MR) is 92.5 cm³/mol. The average molecular weight is 394 g/mol. The molecule has 0 atom stereocenters. The van der Waals surface area contributed by atoms with Gasteiger partial charge in [-0.05, 0) is 45.6 Å². The number of anilines is 1. The molecule has 0 unspecified atom stereocenters. The van der Waals surface area contributed by atoms with Crippen molar-refractivity contribution in [3.05, 3.63) is 58.3 Å². The van der Waals surface area contributed by atoms with E-state index in [1.54, 1.807) is 29.5 Å². The summed E-state index contributed by atoms with van der Waals surface area (Å²) < 4.78 is 19.3. The fourth-order valence-electron chi connectivity index (χ4n) is 2.04. The molecule has 8 heteroatoms. The molecule has 2 N–H and O–H groups in total. The van der Waals surface area contributed by atoms with E-state index in [1.165, 1.54) is 6.07 Å². The van der Waals surface area contributed by atoms with Crippen molar-refractivity contribution >= 4 is 21.6 Å². The lowest BCUT2D eigenvalue weighted by Gasteiger charge is -2.15. The number of halogens is 2. The van der Waals surface area contributed by atoms with Crippen molar-refractivity contribution in [3.8, 4) is 6.01 Å². The highest BCUT2D eigenvalue weighted by Crippen LogP contribution is 2.23. The topological polar surface area (TPSA) is 62.3 Å². The minimum atomic E-state index is -0.305. The Morgan fingerprint density at radius 3 is 2.71 bits per heavy atom. The molecular weight excluding hydrogens is 377 g/mol. The number of hydrazine groups is 2. The molecule has 0 bridgehead atoms. The Kier molecular flexibility index (Phi) is 4.96. The van der Waals surface area contributed by atoms with Crippen molar-refractivity contribution < 1.29 is 9.13 Å². The van der Waals surface area contributed by atoms with Crippen LogP contribution in [0.25, 0.3) is 0 Å². The number of ether oxygens (including phenoxy) is 1. The summed E-state index contributed by atoms with van der Waals surface area (Å²) in [5.74, 6) is 0.0754. The van der Waals surface area contributed by atoms with Crippen molar-refractivity contribution in [2.24, 2.45) is 0 Å². The molecule has 0 saturated heterocycles. The predicted octanol–water partition coefficient (Wildman–Crippen LogP) is 3.25. The zero-order chi connectivity index (χ0) is 17.1. The van der Waals surface area contributed by atoms with Gasteiger partial charge >= 0.3 is 6.01 Å². The molecule has 1 aliphatic heterocycles. The summed E-state index contributed by atoms with van der Waals surface area (Å²) in [6.45, 7) is 4.45. The summed E-state index contributed by atoms with van der Waals surface area (Å²) in [4.78, 5) is 8.38. The minimum Gasteiger partial charge on any atom is -0.457 e. The second kappa shape index (κ2) is 7.14. The van der Waals surface area contributed by atoms with E-state index in [4.69, 9.17) is 4.74 Å². The average Bonchev–Trinajstić information content (AvgIpc) is 3.05. The molecular formula is C16H17BrFN5O. The molecule has 0 amide bonds. The van der Waals surface area contributed by atoms with Gasteiger partial charge in [-0.2, -0.15) is 0 Å². The van der Waals surface area contributed by atoms with Crippen LogP contribution in [-0.2, 0) is 0 Å². The normalized spacial score (nSPS) is 13.9. The maximum absolute atomic E-state index is 13.3. The Bertz CT molecular complexity index is 751. The van der Waals surface area contributed by atoms with Gasteiger partial charge < -0.3 is 10.2 Å². The SMILES string of the molecule is CC(C)c1cnc(OCC2=CN(c3ccc(F)c(Br)c3)NN2)nc1. The second-order valence-electron chi connectivity index (χ2n) is 5.60. The van der Waals surface area contributed by atoms with Crippen LogP contribution < -0.4 is 20.7 Å². The largest absolute Gasteiger partial charge is 0.457 e. The standard InChI is InChI=1S/C16H17BrFN5O/c1-10(2)11-6-19-16(20-7-11)24-9-12-8-23(22-21-12)13-3-4-15(18)14(17)5-13/h3-8,10,21-22H,9H2,1-2H3. The highest BCUT2D eigenvalue weighted by molar-refractivity contribution is 9.10. The summed E-state index contributed by atoms with van der Waals surface area (Å²) >= 11 is 3.17. The van der Waals surface area contributed by atoms with E-state index in [1.807, 2.05) is 6.20 Å². The quantitative estimate of drug-likeness (QED) is 0.812. The van der Waals surface area contributed by atoms with Crippen LogP contribution in [-0.4, -0.2) is 16.6 Å². The van der Waals surface area contributed by atoms with Crippen LogP contribution in [0.5, 0.6) is 6.01 Å². The Hall–Kier alpha value is -2.19. The van der Waals surface area contributed by atoms with E-state index in [0.29, 0.717) is 16.4 Å². The summed E-state index contributed by atoms with van der Waals surface area (Å²) in [5.41, 5.74) is 8.59. The Labute approximate surface area is 147 Å². The number of nitrogens with zero attached hydrogens (tertiary/aromatic N) is 3. The van der Waals surface area contributed by atoms with Crippen molar-refractivity contribution in [1.29, 1.82) is 0 Å². The van der Waals surface area contributed by atoms with Gasteiger partial charge in [0.1, 0.15) is 12.4 Å². The van der Waals surface area contributed by atoms with Crippen LogP contribution in [0.1, 0.15) is 25.3 Å². The third-order valence-electron chi connectivity index (χ3n) is 3.47. The highest BCUT2D eigenvalue weighted by atomic mass is 79.9. The fraction of sp³-hybridized carbons (Fsp3) is 0.250. The Morgan fingerprint density at radius 2 is 2.04 bits per heavy atom. The number of nitrogens with one attached hydrogen (secondary N) is 2. The Morgan fingerprint density at radius 1 is 1.29 bits per heavy atom. The van der Waals surface area contributed by atoms with E-state index in [9.17, 15) is 4.39 Å². The molecule has 1 aromatic carbocycles. The monoisotopic (exact) mass is 393 g/mol. The zero-order valence-corrected chi connectivity index (χ0v) is 14.8. The minimum absolute atomic E-state index is 0.285. The summed E-state index contributed by atoms with van der Waals surface area (Å²) in [7, 11) is 0. The lowest BCUT2D eigenvalue weighted by atomic mass is 10.1. The number of hydrogen-bond donors (Lipinski definition) is 2. The number of aromatic nitrogens is 2. The molecule has 0 spiro atoms. The van der Waals surface area contributed by atoms with E-state index in [2.05, 4.69) is 50.7 Å². The lowest BCUT2D eigenvalue weighted by molar-refractivity contribution is 0.314. The maximum atomic E-state index is 13.3. The van der Waals surface area contributed by atoms with Crippen molar-refractivity contribution in [1.82, 2.24) is 20.9 Å². The van der Waals surface area contributed by atoms with E-state index < -0.39 is 0 Å². The number of hydrogen-bond acceptors (Lipinski definition) is 6. The molecule has 3 rings (SSSR count). The Balaban J connectivity index is 1.61. The number of rotatable bonds is 5. The van der Waals surface area contributed by atoms with Gasteiger partial charge in [0.05, 0.1) is 15.9 Å². The van der Waals surface area contributed by atoms with Crippen LogP contribution in [0.3, 0.4) is 0 Å². The molecule has 0 fully saturated rings. The lowest BCUT2D eigenvalue weighted by Crippen LogP contribution is -2.37.